The third kappa shape index (κ3) is 4.03. The van der Waals surface area contributed by atoms with E-state index in [2.05, 4.69) is 5.32 Å². The molecule has 26 heavy (non-hydrogen) atoms. The van der Waals surface area contributed by atoms with Gasteiger partial charge in [-0.05, 0) is 43.2 Å². The lowest BCUT2D eigenvalue weighted by atomic mass is 10.1. The Hall–Kier alpha value is -2.86. The van der Waals surface area contributed by atoms with Crippen LogP contribution in [0.2, 0.25) is 0 Å². The first-order valence-corrected chi connectivity index (χ1v) is 8.53. The van der Waals surface area contributed by atoms with Crippen LogP contribution in [-0.2, 0) is 4.79 Å². The largest absolute Gasteiger partial charge is 0.416 e. The lowest BCUT2D eigenvalue weighted by Gasteiger charge is -2.23. The van der Waals surface area contributed by atoms with E-state index >= 15 is 0 Å². The van der Waals surface area contributed by atoms with Crippen LogP contribution in [0.1, 0.15) is 17.5 Å². The molecule has 2 amide bonds. The first-order valence-electron chi connectivity index (χ1n) is 8.53. The van der Waals surface area contributed by atoms with Crippen LogP contribution in [0.5, 0.6) is 5.75 Å². The number of carbonyl (C=O) groups excluding carboxylic acids is 2. The van der Waals surface area contributed by atoms with E-state index in [-0.39, 0.29) is 18.9 Å². The molecule has 2 aromatic rings. The summed E-state index contributed by atoms with van der Waals surface area (Å²) in [5, 5.41) is 12.8. The molecule has 2 aromatic carbocycles. The molecule has 0 spiro atoms. The van der Waals surface area contributed by atoms with Gasteiger partial charge in [0.05, 0.1) is 12.6 Å². The molecule has 6 nitrogen and oxygen atoms in total. The second-order valence-corrected chi connectivity index (χ2v) is 6.55. The number of likely N-dealkylation sites (tertiary alicyclic amines) is 1. The van der Waals surface area contributed by atoms with Crippen molar-refractivity contribution >= 4 is 17.7 Å². The zero-order valence-corrected chi connectivity index (χ0v) is 14.8. The highest BCUT2D eigenvalue weighted by Gasteiger charge is 2.40. The fourth-order valence-corrected chi connectivity index (χ4v) is 3.00. The highest BCUT2D eigenvalue weighted by atomic mass is 16.6. The van der Waals surface area contributed by atoms with E-state index in [0.29, 0.717) is 11.4 Å². The number of para-hydroxylation sites is 1. The molecule has 0 aliphatic carbocycles. The second kappa shape index (κ2) is 7.58. The summed E-state index contributed by atoms with van der Waals surface area (Å²) in [6.07, 6.45) is -1.22. The van der Waals surface area contributed by atoms with E-state index in [4.69, 9.17) is 4.74 Å². The number of hydrogen-bond donors (Lipinski definition) is 2. The van der Waals surface area contributed by atoms with Crippen molar-refractivity contribution in [3.8, 4) is 5.75 Å². The summed E-state index contributed by atoms with van der Waals surface area (Å²) in [5.74, 6) is 0.0628. The predicted molar refractivity (Wildman–Crippen MR) is 98.1 cm³/mol. The molecule has 0 saturated carbocycles. The van der Waals surface area contributed by atoms with Gasteiger partial charge in [0.25, 0.3) is 0 Å². The number of ether oxygens (including phenoxy) is 1. The molecule has 3 rings (SSSR count). The zero-order chi connectivity index (χ0) is 18.7. The van der Waals surface area contributed by atoms with Crippen molar-refractivity contribution in [2.45, 2.75) is 32.4 Å². The Labute approximate surface area is 152 Å². The standard InChI is InChI=1S/C20H22N2O4/c1-13-8-9-14(2)17(10-13)21-19(24)18-11-15(23)12-22(18)20(25)26-16-6-4-3-5-7-16/h3-10,15,18,23H,11-12H2,1-2H3,(H,21,24)/t15-,18-/m0/s1. The third-order valence-electron chi connectivity index (χ3n) is 4.42. The number of benzene rings is 2. The number of carbonyl (C=O) groups is 2. The number of aryl methyl sites for hydroxylation is 2. The number of nitrogens with one attached hydrogen (secondary N) is 1. The van der Waals surface area contributed by atoms with Crippen LogP contribution in [0.15, 0.2) is 48.5 Å². The Balaban J connectivity index is 1.73. The summed E-state index contributed by atoms with van der Waals surface area (Å²) in [7, 11) is 0. The summed E-state index contributed by atoms with van der Waals surface area (Å²) in [6.45, 7) is 3.91. The number of rotatable bonds is 3. The molecule has 136 valence electrons. The van der Waals surface area contributed by atoms with Crippen LogP contribution in [0.25, 0.3) is 0 Å². The van der Waals surface area contributed by atoms with Crippen molar-refractivity contribution in [1.82, 2.24) is 4.90 Å². The summed E-state index contributed by atoms with van der Waals surface area (Å²) in [6, 6.07) is 13.6. The Morgan fingerprint density at radius 3 is 2.62 bits per heavy atom. The number of β-amino-alcohol motifs (C(OH)–C–C–N with tert-alkyl or cyclic N) is 1. The fourth-order valence-electron chi connectivity index (χ4n) is 3.00. The fraction of sp³-hybridized carbons (Fsp3) is 0.300. The lowest BCUT2D eigenvalue weighted by molar-refractivity contribution is -0.119. The molecule has 1 saturated heterocycles. The minimum Gasteiger partial charge on any atom is -0.410 e. The van der Waals surface area contributed by atoms with Crippen LogP contribution in [0, 0.1) is 13.8 Å². The van der Waals surface area contributed by atoms with Crippen LogP contribution < -0.4 is 10.1 Å². The Kier molecular flexibility index (Phi) is 5.23. The molecule has 1 heterocycles. The van der Waals surface area contributed by atoms with Crippen LogP contribution in [-0.4, -0.2) is 40.7 Å². The normalized spacial score (nSPS) is 19.3. The highest BCUT2D eigenvalue weighted by molar-refractivity contribution is 5.97. The van der Waals surface area contributed by atoms with Crippen molar-refractivity contribution in [1.29, 1.82) is 0 Å². The summed E-state index contributed by atoms with van der Waals surface area (Å²) in [4.78, 5) is 26.5. The number of anilines is 1. The van der Waals surface area contributed by atoms with E-state index < -0.39 is 18.2 Å². The molecule has 1 aliphatic heterocycles. The van der Waals surface area contributed by atoms with Gasteiger partial charge >= 0.3 is 6.09 Å². The minimum atomic E-state index is -0.777. The topological polar surface area (TPSA) is 78.9 Å². The van der Waals surface area contributed by atoms with Crippen molar-refractivity contribution in [2.75, 3.05) is 11.9 Å². The maximum Gasteiger partial charge on any atom is 0.416 e. The van der Waals surface area contributed by atoms with Gasteiger partial charge in [0.1, 0.15) is 11.8 Å². The van der Waals surface area contributed by atoms with Crippen molar-refractivity contribution in [3.05, 3.63) is 59.7 Å². The molecule has 0 radical (unpaired) electrons. The van der Waals surface area contributed by atoms with Gasteiger partial charge in [-0.3, -0.25) is 9.69 Å². The molecule has 1 fully saturated rings. The maximum absolute atomic E-state index is 12.7. The lowest BCUT2D eigenvalue weighted by Crippen LogP contribution is -2.44. The van der Waals surface area contributed by atoms with Crippen LogP contribution >= 0.6 is 0 Å². The van der Waals surface area contributed by atoms with Gasteiger partial charge in [0, 0.05) is 12.1 Å². The Bertz CT molecular complexity index is 807. The molecule has 1 aliphatic rings. The number of amides is 2. The zero-order valence-electron chi connectivity index (χ0n) is 14.8. The van der Waals surface area contributed by atoms with Crippen LogP contribution in [0.4, 0.5) is 10.5 Å². The van der Waals surface area contributed by atoms with Gasteiger partial charge in [-0.2, -0.15) is 0 Å². The van der Waals surface area contributed by atoms with Gasteiger partial charge in [-0.15, -0.1) is 0 Å². The van der Waals surface area contributed by atoms with Gasteiger partial charge in [-0.1, -0.05) is 30.3 Å². The SMILES string of the molecule is Cc1ccc(C)c(NC(=O)[C@@H]2C[C@H](O)CN2C(=O)Oc2ccccc2)c1. The maximum atomic E-state index is 12.7. The van der Waals surface area contributed by atoms with Gasteiger partial charge in [-0.25, -0.2) is 4.79 Å². The minimum absolute atomic E-state index is 0.0660. The second-order valence-electron chi connectivity index (χ2n) is 6.55. The summed E-state index contributed by atoms with van der Waals surface area (Å²) >= 11 is 0. The number of hydrogen-bond acceptors (Lipinski definition) is 4. The van der Waals surface area contributed by atoms with E-state index in [1.54, 1.807) is 24.3 Å². The van der Waals surface area contributed by atoms with E-state index in [1.165, 1.54) is 4.90 Å². The van der Waals surface area contributed by atoms with E-state index in [1.807, 2.05) is 38.1 Å². The third-order valence-corrected chi connectivity index (χ3v) is 4.42. The van der Waals surface area contributed by atoms with E-state index in [0.717, 1.165) is 11.1 Å². The first kappa shape index (κ1) is 17.9. The predicted octanol–water partition coefficient (Wildman–Crippen LogP) is 2.88. The molecule has 0 unspecified atom stereocenters. The molecule has 6 heteroatoms. The smallest absolute Gasteiger partial charge is 0.410 e. The highest BCUT2D eigenvalue weighted by Crippen LogP contribution is 2.23. The Morgan fingerprint density at radius 1 is 1.15 bits per heavy atom. The van der Waals surface area contributed by atoms with Crippen molar-refractivity contribution < 1.29 is 19.4 Å². The average molecular weight is 354 g/mol. The molecule has 2 atom stereocenters. The first-order chi connectivity index (χ1) is 12.4. The van der Waals surface area contributed by atoms with Gasteiger partial charge < -0.3 is 15.2 Å². The summed E-state index contributed by atoms with van der Waals surface area (Å²) in [5.41, 5.74) is 2.66. The average Bonchev–Trinajstić information content (AvgIpc) is 3.01. The molecule has 0 bridgehead atoms. The van der Waals surface area contributed by atoms with Crippen LogP contribution in [0.3, 0.4) is 0 Å². The molecule has 0 aromatic heterocycles. The molecular weight excluding hydrogens is 332 g/mol. The van der Waals surface area contributed by atoms with Gasteiger partial charge in [0.15, 0.2) is 0 Å². The molecule has 2 N–H and O–H groups in total. The van der Waals surface area contributed by atoms with E-state index in [9.17, 15) is 14.7 Å². The quantitative estimate of drug-likeness (QED) is 0.888. The summed E-state index contributed by atoms with van der Waals surface area (Å²) < 4.78 is 5.32. The number of nitrogens with zero attached hydrogens (tertiary/aromatic N) is 1. The van der Waals surface area contributed by atoms with Crippen molar-refractivity contribution in [2.24, 2.45) is 0 Å². The molecular formula is C20H22N2O4. The van der Waals surface area contributed by atoms with Gasteiger partial charge in [0.2, 0.25) is 5.91 Å². The van der Waals surface area contributed by atoms with Crippen molar-refractivity contribution in [3.63, 3.8) is 0 Å². The number of aliphatic hydroxyl groups excluding tert-OH is 1. The number of aliphatic hydroxyl groups is 1. The Morgan fingerprint density at radius 2 is 1.88 bits per heavy atom. The monoisotopic (exact) mass is 354 g/mol.